The number of rotatable bonds is 8. The van der Waals surface area contributed by atoms with E-state index in [1.54, 1.807) is 0 Å². The maximum absolute atomic E-state index is 12.5. The molecule has 0 spiro atoms. The van der Waals surface area contributed by atoms with Crippen LogP contribution in [0, 0.1) is 10.1 Å². The summed E-state index contributed by atoms with van der Waals surface area (Å²) in [6, 6.07) is 20.8. The van der Waals surface area contributed by atoms with E-state index in [9.17, 15) is 23.3 Å². The van der Waals surface area contributed by atoms with E-state index in [0.29, 0.717) is 11.3 Å². The van der Waals surface area contributed by atoms with Crippen molar-refractivity contribution in [3.8, 4) is 0 Å². The van der Waals surface area contributed by atoms with Crippen molar-refractivity contribution in [2.24, 2.45) is 0 Å². The number of anilines is 1. The zero-order valence-electron chi connectivity index (χ0n) is 17.7. The topological polar surface area (TPSA) is 130 Å². The van der Waals surface area contributed by atoms with E-state index in [-0.39, 0.29) is 22.2 Å². The van der Waals surface area contributed by atoms with Gasteiger partial charge in [0.15, 0.2) is 5.11 Å². The SMILES string of the molecule is O=C(/C=C/c1ccc([N+](=O)[O-])cc1)NC(=S)Nc1ccc(S(=O)(=O)NCc2ccccc2)cc1. The molecular weight excluding hydrogens is 476 g/mol. The Kier molecular flexibility index (Phi) is 8.19. The highest BCUT2D eigenvalue weighted by atomic mass is 32.2. The fourth-order valence-corrected chi connectivity index (χ4v) is 4.01. The summed E-state index contributed by atoms with van der Waals surface area (Å²) in [7, 11) is -3.69. The molecule has 3 aromatic rings. The van der Waals surface area contributed by atoms with Crippen LogP contribution in [0.5, 0.6) is 0 Å². The molecule has 1 amide bonds. The third-order valence-electron chi connectivity index (χ3n) is 4.50. The van der Waals surface area contributed by atoms with Crippen LogP contribution in [0.4, 0.5) is 11.4 Å². The van der Waals surface area contributed by atoms with Crippen LogP contribution >= 0.6 is 12.2 Å². The van der Waals surface area contributed by atoms with Crippen molar-refractivity contribution in [3.05, 3.63) is 106 Å². The van der Waals surface area contributed by atoms with Gasteiger partial charge < -0.3 is 5.32 Å². The third-order valence-corrected chi connectivity index (χ3v) is 6.12. The molecule has 0 aliphatic carbocycles. The Morgan fingerprint density at radius 2 is 1.62 bits per heavy atom. The van der Waals surface area contributed by atoms with Crippen LogP contribution < -0.4 is 15.4 Å². The van der Waals surface area contributed by atoms with Gasteiger partial charge in [0.1, 0.15) is 0 Å². The molecule has 0 aliphatic heterocycles. The first-order valence-corrected chi connectivity index (χ1v) is 11.8. The number of hydrogen-bond donors (Lipinski definition) is 3. The summed E-state index contributed by atoms with van der Waals surface area (Å²) in [5, 5.41) is 16.0. The molecule has 11 heteroatoms. The van der Waals surface area contributed by atoms with E-state index in [1.807, 2.05) is 30.3 Å². The smallest absolute Gasteiger partial charge is 0.269 e. The van der Waals surface area contributed by atoms with Gasteiger partial charge in [0.25, 0.3) is 5.69 Å². The number of thiocarbonyl (C=S) groups is 1. The summed E-state index contributed by atoms with van der Waals surface area (Å²) in [5.74, 6) is -0.500. The number of nitrogens with one attached hydrogen (secondary N) is 3. The van der Waals surface area contributed by atoms with Gasteiger partial charge in [-0.1, -0.05) is 30.3 Å². The van der Waals surface area contributed by atoms with Crippen LogP contribution in [-0.2, 0) is 21.4 Å². The van der Waals surface area contributed by atoms with Gasteiger partial charge in [-0.25, -0.2) is 13.1 Å². The maximum Gasteiger partial charge on any atom is 0.269 e. The fourth-order valence-electron chi connectivity index (χ4n) is 2.77. The number of nitro benzene ring substituents is 1. The summed E-state index contributed by atoms with van der Waals surface area (Å²) in [6.45, 7) is 0.173. The molecule has 0 fully saturated rings. The fraction of sp³-hybridized carbons (Fsp3) is 0.0435. The molecular formula is C23H20N4O5S2. The number of non-ortho nitro benzene ring substituents is 1. The average molecular weight is 497 g/mol. The van der Waals surface area contributed by atoms with Gasteiger partial charge in [0.05, 0.1) is 9.82 Å². The normalized spacial score (nSPS) is 11.2. The van der Waals surface area contributed by atoms with Gasteiger partial charge in [-0.05, 0) is 65.8 Å². The minimum atomic E-state index is -3.69. The Balaban J connectivity index is 1.51. The van der Waals surface area contributed by atoms with E-state index in [2.05, 4.69) is 15.4 Å². The molecule has 0 radical (unpaired) electrons. The zero-order chi connectivity index (χ0) is 24.6. The van der Waals surface area contributed by atoms with Crippen molar-refractivity contribution < 1.29 is 18.1 Å². The van der Waals surface area contributed by atoms with Gasteiger partial charge in [-0.15, -0.1) is 0 Å². The van der Waals surface area contributed by atoms with Crippen molar-refractivity contribution in [2.75, 3.05) is 5.32 Å². The Morgan fingerprint density at radius 3 is 2.24 bits per heavy atom. The Bertz CT molecular complexity index is 1310. The van der Waals surface area contributed by atoms with Crippen LogP contribution in [0.25, 0.3) is 6.08 Å². The van der Waals surface area contributed by atoms with Crippen molar-refractivity contribution >= 4 is 50.7 Å². The molecule has 0 aliphatic rings. The molecule has 0 heterocycles. The second-order valence-corrected chi connectivity index (χ2v) is 9.14. The molecule has 174 valence electrons. The van der Waals surface area contributed by atoms with E-state index < -0.39 is 20.9 Å². The maximum atomic E-state index is 12.5. The van der Waals surface area contributed by atoms with Crippen LogP contribution in [0.15, 0.2) is 89.8 Å². The lowest BCUT2D eigenvalue weighted by molar-refractivity contribution is -0.384. The standard InChI is InChI=1S/C23H20N4O5S2/c28-22(15-8-17-6-11-20(12-7-17)27(29)30)26-23(33)25-19-9-13-21(14-10-19)34(31,32)24-16-18-4-2-1-3-5-18/h1-15,24H,16H2,(H2,25,26,28,33)/b15-8+. The number of nitrogens with zero attached hydrogens (tertiary/aromatic N) is 1. The second-order valence-electron chi connectivity index (χ2n) is 6.96. The lowest BCUT2D eigenvalue weighted by Crippen LogP contribution is -2.32. The molecule has 0 saturated heterocycles. The number of hydrogen-bond acceptors (Lipinski definition) is 6. The summed E-state index contributed by atoms with van der Waals surface area (Å²) in [5.41, 5.74) is 1.90. The molecule has 0 aromatic heterocycles. The van der Waals surface area contributed by atoms with Gasteiger partial charge in [0.2, 0.25) is 15.9 Å². The number of carbonyl (C=O) groups is 1. The van der Waals surface area contributed by atoms with Crippen LogP contribution in [0.3, 0.4) is 0 Å². The van der Waals surface area contributed by atoms with E-state index in [1.165, 1.54) is 60.7 Å². The van der Waals surface area contributed by atoms with Crippen molar-refractivity contribution in [2.45, 2.75) is 11.4 Å². The van der Waals surface area contributed by atoms with Gasteiger partial charge in [0, 0.05) is 30.4 Å². The largest absolute Gasteiger partial charge is 0.332 e. The van der Waals surface area contributed by atoms with Crippen LogP contribution in [-0.4, -0.2) is 24.4 Å². The predicted octanol–water partition coefficient (Wildman–Crippen LogP) is 3.60. The molecule has 3 aromatic carbocycles. The summed E-state index contributed by atoms with van der Waals surface area (Å²) < 4.78 is 27.5. The second kappa shape index (κ2) is 11.3. The Hall–Kier alpha value is -3.93. The van der Waals surface area contributed by atoms with E-state index in [0.717, 1.165) is 5.56 Å². The molecule has 0 atom stereocenters. The van der Waals surface area contributed by atoms with Crippen molar-refractivity contribution in [1.29, 1.82) is 0 Å². The van der Waals surface area contributed by atoms with Gasteiger partial charge >= 0.3 is 0 Å². The molecule has 0 unspecified atom stereocenters. The minimum absolute atomic E-state index is 0.0242. The summed E-state index contributed by atoms with van der Waals surface area (Å²) in [4.78, 5) is 22.3. The Labute approximate surface area is 201 Å². The van der Waals surface area contributed by atoms with Crippen LogP contribution in [0.2, 0.25) is 0 Å². The van der Waals surface area contributed by atoms with Crippen molar-refractivity contribution in [3.63, 3.8) is 0 Å². The minimum Gasteiger partial charge on any atom is -0.332 e. The summed E-state index contributed by atoms with van der Waals surface area (Å²) >= 11 is 5.11. The quantitative estimate of drug-likeness (QED) is 0.188. The first-order chi connectivity index (χ1) is 16.2. The number of sulfonamides is 1. The third kappa shape index (κ3) is 7.30. The highest BCUT2D eigenvalue weighted by molar-refractivity contribution is 7.89. The number of amides is 1. The van der Waals surface area contributed by atoms with E-state index >= 15 is 0 Å². The monoisotopic (exact) mass is 496 g/mol. The molecule has 3 N–H and O–H groups in total. The first-order valence-electron chi connectivity index (χ1n) is 9.91. The van der Waals surface area contributed by atoms with E-state index in [4.69, 9.17) is 12.2 Å². The lowest BCUT2D eigenvalue weighted by Gasteiger charge is -2.10. The highest BCUT2D eigenvalue weighted by Crippen LogP contribution is 2.15. The Morgan fingerprint density at radius 1 is 0.971 bits per heavy atom. The molecule has 34 heavy (non-hydrogen) atoms. The molecule has 3 rings (SSSR count). The van der Waals surface area contributed by atoms with Crippen molar-refractivity contribution in [1.82, 2.24) is 10.0 Å². The average Bonchev–Trinajstić information content (AvgIpc) is 2.83. The lowest BCUT2D eigenvalue weighted by atomic mass is 10.2. The molecule has 0 saturated carbocycles. The number of carbonyl (C=O) groups excluding carboxylic acids is 1. The molecule has 0 bridgehead atoms. The zero-order valence-corrected chi connectivity index (χ0v) is 19.3. The summed E-state index contributed by atoms with van der Waals surface area (Å²) in [6.07, 6.45) is 2.73. The van der Waals surface area contributed by atoms with Crippen LogP contribution in [0.1, 0.15) is 11.1 Å². The number of nitro groups is 1. The van der Waals surface area contributed by atoms with Gasteiger partial charge in [-0.3, -0.25) is 20.2 Å². The first kappa shape index (κ1) is 24.7. The van der Waals surface area contributed by atoms with Gasteiger partial charge in [-0.2, -0.15) is 0 Å². The number of benzene rings is 3. The molecule has 9 nitrogen and oxygen atoms in total. The predicted molar refractivity (Wildman–Crippen MR) is 133 cm³/mol. The highest BCUT2D eigenvalue weighted by Gasteiger charge is 2.13.